The Kier molecular flexibility index (Phi) is 8.29. The minimum Gasteiger partial charge on any atom is -0.435 e. The Hall–Kier alpha value is -2.38. The number of piperidine rings is 1. The van der Waals surface area contributed by atoms with Crippen molar-refractivity contribution in [3.05, 3.63) is 29.8 Å². The van der Waals surface area contributed by atoms with Crippen molar-refractivity contribution in [1.29, 1.82) is 0 Å². The summed E-state index contributed by atoms with van der Waals surface area (Å²) in [6.07, 6.45) is 2.44. The number of aliphatic imine (C=N–C) groups is 1. The van der Waals surface area contributed by atoms with Gasteiger partial charge < -0.3 is 20.3 Å². The molecule has 1 aliphatic heterocycles. The topological polar surface area (TPSA) is 66.0 Å². The van der Waals surface area contributed by atoms with Crippen LogP contribution >= 0.6 is 0 Å². The SMILES string of the molecule is CCNC(=NCc1cccc(OC(F)F)c1)N1CCC(CC(=O)NC)CC1. The molecule has 1 heterocycles. The first-order chi connectivity index (χ1) is 13.0. The molecule has 0 aliphatic carbocycles. The van der Waals surface area contributed by atoms with Gasteiger partial charge in [-0.1, -0.05) is 12.1 Å². The maximum Gasteiger partial charge on any atom is 0.387 e. The van der Waals surface area contributed by atoms with Crippen LogP contribution in [-0.4, -0.2) is 50.1 Å². The van der Waals surface area contributed by atoms with Crippen LogP contribution in [-0.2, 0) is 11.3 Å². The number of nitrogens with zero attached hydrogens (tertiary/aromatic N) is 2. The van der Waals surface area contributed by atoms with Crippen LogP contribution in [0.3, 0.4) is 0 Å². The predicted octanol–water partition coefficient (Wildman–Crippen LogP) is 2.60. The van der Waals surface area contributed by atoms with Crippen LogP contribution in [0.15, 0.2) is 29.3 Å². The minimum absolute atomic E-state index is 0.0833. The van der Waals surface area contributed by atoms with Crippen LogP contribution in [0.5, 0.6) is 5.75 Å². The number of rotatable bonds is 7. The summed E-state index contributed by atoms with van der Waals surface area (Å²) in [7, 11) is 1.66. The number of ether oxygens (including phenoxy) is 1. The molecule has 1 fully saturated rings. The lowest BCUT2D eigenvalue weighted by atomic mass is 9.93. The van der Waals surface area contributed by atoms with E-state index in [0.717, 1.165) is 44.0 Å². The highest BCUT2D eigenvalue weighted by atomic mass is 19.3. The van der Waals surface area contributed by atoms with E-state index in [1.54, 1.807) is 19.2 Å². The fourth-order valence-electron chi connectivity index (χ4n) is 3.13. The molecule has 0 radical (unpaired) electrons. The van der Waals surface area contributed by atoms with Crippen LogP contribution in [0, 0.1) is 5.92 Å². The Morgan fingerprint density at radius 1 is 1.37 bits per heavy atom. The molecule has 150 valence electrons. The quantitative estimate of drug-likeness (QED) is 0.562. The van der Waals surface area contributed by atoms with Crippen molar-refractivity contribution in [1.82, 2.24) is 15.5 Å². The summed E-state index contributed by atoms with van der Waals surface area (Å²) >= 11 is 0. The summed E-state index contributed by atoms with van der Waals surface area (Å²) in [5, 5.41) is 5.96. The molecule has 0 spiro atoms. The second-order valence-corrected chi connectivity index (χ2v) is 6.50. The fourth-order valence-corrected chi connectivity index (χ4v) is 3.13. The van der Waals surface area contributed by atoms with Gasteiger partial charge in [-0.15, -0.1) is 0 Å². The second kappa shape index (κ2) is 10.7. The first-order valence-electron chi connectivity index (χ1n) is 9.29. The Labute approximate surface area is 159 Å². The number of benzene rings is 1. The molecular formula is C19H28F2N4O2. The van der Waals surface area contributed by atoms with E-state index >= 15 is 0 Å². The summed E-state index contributed by atoms with van der Waals surface area (Å²) in [5.74, 6) is 1.42. The van der Waals surface area contributed by atoms with E-state index in [0.29, 0.717) is 18.9 Å². The lowest BCUT2D eigenvalue weighted by Crippen LogP contribution is -2.46. The van der Waals surface area contributed by atoms with E-state index in [4.69, 9.17) is 0 Å². The lowest BCUT2D eigenvalue weighted by Gasteiger charge is -2.34. The average Bonchev–Trinajstić information content (AvgIpc) is 2.65. The standard InChI is InChI=1S/C19H28F2N4O2/c1-3-23-19(25-9-7-14(8-10-25)12-17(26)22-2)24-13-15-5-4-6-16(11-15)27-18(20)21/h4-6,11,14,18H,3,7-10,12-13H2,1-2H3,(H,22,26)(H,23,24). The number of carbonyl (C=O) groups excluding carboxylic acids is 1. The largest absolute Gasteiger partial charge is 0.435 e. The monoisotopic (exact) mass is 382 g/mol. The first kappa shape index (κ1) is 20.9. The third-order valence-corrected chi connectivity index (χ3v) is 4.54. The van der Waals surface area contributed by atoms with Crippen molar-refractivity contribution in [3.63, 3.8) is 0 Å². The van der Waals surface area contributed by atoms with Crippen molar-refractivity contribution < 1.29 is 18.3 Å². The number of likely N-dealkylation sites (tertiary alicyclic amines) is 1. The highest BCUT2D eigenvalue weighted by Crippen LogP contribution is 2.21. The first-order valence-corrected chi connectivity index (χ1v) is 9.29. The van der Waals surface area contributed by atoms with Crippen molar-refractivity contribution in [2.75, 3.05) is 26.7 Å². The van der Waals surface area contributed by atoms with E-state index < -0.39 is 6.61 Å². The van der Waals surface area contributed by atoms with Gasteiger partial charge in [-0.25, -0.2) is 4.99 Å². The number of hydrogen-bond acceptors (Lipinski definition) is 3. The summed E-state index contributed by atoms with van der Waals surface area (Å²) < 4.78 is 29.1. The normalized spacial score (nSPS) is 15.7. The number of amides is 1. The molecule has 27 heavy (non-hydrogen) atoms. The number of halogens is 2. The Balaban J connectivity index is 1.96. The van der Waals surface area contributed by atoms with Crippen LogP contribution in [0.25, 0.3) is 0 Å². The van der Waals surface area contributed by atoms with Gasteiger partial charge in [0.05, 0.1) is 6.54 Å². The average molecular weight is 382 g/mol. The zero-order chi connectivity index (χ0) is 19.6. The highest BCUT2D eigenvalue weighted by molar-refractivity contribution is 5.80. The zero-order valence-corrected chi connectivity index (χ0v) is 15.9. The number of carbonyl (C=O) groups is 1. The van der Waals surface area contributed by atoms with Crippen LogP contribution in [0.4, 0.5) is 8.78 Å². The predicted molar refractivity (Wildman–Crippen MR) is 101 cm³/mol. The molecule has 0 unspecified atom stereocenters. The molecule has 2 N–H and O–H groups in total. The van der Waals surface area contributed by atoms with Gasteiger partial charge in [0.2, 0.25) is 5.91 Å². The van der Waals surface area contributed by atoms with Crippen molar-refractivity contribution >= 4 is 11.9 Å². The fraction of sp³-hybridized carbons (Fsp3) is 0.579. The van der Waals surface area contributed by atoms with Crippen LogP contribution in [0.1, 0.15) is 31.7 Å². The van der Waals surface area contributed by atoms with E-state index in [1.165, 1.54) is 6.07 Å². The smallest absolute Gasteiger partial charge is 0.387 e. The van der Waals surface area contributed by atoms with Crippen molar-refractivity contribution in [2.45, 2.75) is 39.3 Å². The van der Waals surface area contributed by atoms with Gasteiger partial charge in [-0.2, -0.15) is 8.78 Å². The molecule has 1 saturated heterocycles. The van der Waals surface area contributed by atoms with Crippen molar-refractivity contribution in [2.24, 2.45) is 10.9 Å². The van der Waals surface area contributed by atoms with Gasteiger partial charge in [-0.3, -0.25) is 4.79 Å². The zero-order valence-electron chi connectivity index (χ0n) is 15.9. The molecule has 0 bridgehead atoms. The van der Waals surface area contributed by atoms with E-state index in [-0.39, 0.29) is 11.7 Å². The molecule has 2 rings (SSSR count). The molecule has 1 aromatic carbocycles. The van der Waals surface area contributed by atoms with E-state index in [2.05, 4.69) is 25.3 Å². The number of alkyl halides is 2. The molecule has 1 aromatic rings. The Morgan fingerprint density at radius 3 is 2.74 bits per heavy atom. The van der Waals surface area contributed by atoms with Crippen LogP contribution in [0.2, 0.25) is 0 Å². The third kappa shape index (κ3) is 7.03. The third-order valence-electron chi connectivity index (χ3n) is 4.54. The van der Waals surface area contributed by atoms with Gasteiger partial charge in [0, 0.05) is 33.1 Å². The van der Waals surface area contributed by atoms with Crippen molar-refractivity contribution in [3.8, 4) is 5.75 Å². The van der Waals surface area contributed by atoms with Gasteiger partial charge in [0.25, 0.3) is 0 Å². The molecular weight excluding hydrogens is 354 g/mol. The maximum atomic E-state index is 12.4. The Morgan fingerprint density at radius 2 is 2.11 bits per heavy atom. The van der Waals surface area contributed by atoms with Gasteiger partial charge in [0.15, 0.2) is 5.96 Å². The number of hydrogen-bond donors (Lipinski definition) is 2. The molecule has 6 nitrogen and oxygen atoms in total. The molecule has 0 saturated carbocycles. The minimum atomic E-state index is -2.84. The number of guanidine groups is 1. The highest BCUT2D eigenvalue weighted by Gasteiger charge is 2.23. The summed E-state index contributed by atoms with van der Waals surface area (Å²) in [5.41, 5.74) is 0.804. The molecule has 0 atom stereocenters. The maximum absolute atomic E-state index is 12.4. The Bertz CT molecular complexity index is 632. The summed E-state index contributed by atoms with van der Waals surface area (Å²) in [6.45, 7) is 1.96. The van der Waals surface area contributed by atoms with Gasteiger partial charge >= 0.3 is 6.61 Å². The van der Waals surface area contributed by atoms with Gasteiger partial charge in [-0.05, 0) is 43.4 Å². The van der Waals surface area contributed by atoms with E-state index in [1.807, 2.05) is 13.0 Å². The summed E-state index contributed by atoms with van der Waals surface area (Å²) in [6, 6.07) is 6.59. The molecule has 1 aliphatic rings. The molecule has 1 amide bonds. The van der Waals surface area contributed by atoms with Crippen LogP contribution < -0.4 is 15.4 Å². The van der Waals surface area contributed by atoms with E-state index in [9.17, 15) is 13.6 Å². The summed E-state index contributed by atoms with van der Waals surface area (Å²) in [4.78, 5) is 18.4. The second-order valence-electron chi connectivity index (χ2n) is 6.50. The molecule has 8 heteroatoms. The lowest BCUT2D eigenvalue weighted by molar-refractivity contribution is -0.121. The molecule has 0 aromatic heterocycles. The number of nitrogens with one attached hydrogen (secondary N) is 2. The van der Waals surface area contributed by atoms with Gasteiger partial charge in [0.1, 0.15) is 5.75 Å².